The number of nitrogens with zero attached hydrogens (tertiary/aromatic N) is 2. The first-order valence-electron chi connectivity index (χ1n) is 7.37. The Hall–Kier alpha value is -1.75. The summed E-state index contributed by atoms with van der Waals surface area (Å²) >= 11 is 0. The molecule has 2 rings (SSSR count). The van der Waals surface area contributed by atoms with Crippen molar-refractivity contribution in [1.82, 2.24) is 4.90 Å². The van der Waals surface area contributed by atoms with Crippen molar-refractivity contribution < 1.29 is 9.53 Å². The molecule has 1 aromatic carbocycles. The van der Waals surface area contributed by atoms with E-state index in [0.29, 0.717) is 17.3 Å². The van der Waals surface area contributed by atoms with Gasteiger partial charge in [0.1, 0.15) is 0 Å². The molecule has 0 spiro atoms. The number of methoxy groups -OCH3 is 1. The molecule has 0 radical (unpaired) electrons. The van der Waals surface area contributed by atoms with E-state index in [-0.39, 0.29) is 5.97 Å². The number of nitrogens with two attached hydrogens (primary N) is 1. The number of aryl methyl sites for hydroxylation is 1. The topological polar surface area (TPSA) is 58.8 Å². The molecular formula is C16H25N3O2. The summed E-state index contributed by atoms with van der Waals surface area (Å²) in [6, 6.07) is 4.31. The van der Waals surface area contributed by atoms with Gasteiger partial charge in [0.25, 0.3) is 0 Å². The Morgan fingerprint density at radius 2 is 2.10 bits per heavy atom. The van der Waals surface area contributed by atoms with Gasteiger partial charge in [-0.25, -0.2) is 4.79 Å². The first-order valence-corrected chi connectivity index (χ1v) is 7.37. The number of ether oxygens (including phenoxy) is 1. The lowest BCUT2D eigenvalue weighted by Crippen LogP contribution is -2.38. The number of hydrogen-bond acceptors (Lipinski definition) is 5. The van der Waals surface area contributed by atoms with E-state index < -0.39 is 0 Å². The Morgan fingerprint density at radius 3 is 2.76 bits per heavy atom. The van der Waals surface area contributed by atoms with Crippen LogP contribution < -0.4 is 10.6 Å². The Morgan fingerprint density at radius 1 is 1.38 bits per heavy atom. The van der Waals surface area contributed by atoms with Crippen LogP contribution in [0.3, 0.4) is 0 Å². The molecule has 5 heteroatoms. The number of hydrogen-bond donors (Lipinski definition) is 1. The average molecular weight is 291 g/mol. The van der Waals surface area contributed by atoms with Gasteiger partial charge in [-0.2, -0.15) is 0 Å². The van der Waals surface area contributed by atoms with Gasteiger partial charge in [-0.3, -0.25) is 0 Å². The molecule has 1 aliphatic heterocycles. The summed E-state index contributed by atoms with van der Waals surface area (Å²) in [5.74, 6) is -0.378. The third-order valence-corrected chi connectivity index (χ3v) is 4.16. The summed E-state index contributed by atoms with van der Waals surface area (Å²) in [4.78, 5) is 16.6. The third-order valence-electron chi connectivity index (χ3n) is 4.16. The molecule has 1 unspecified atom stereocenters. The standard InChI is InChI=1S/C16H25N3O2/c1-11-8-13(9-14(15(11)17)16(20)21-4)19-7-5-6-18(3)10-12(19)2/h8-9,12H,5-7,10,17H2,1-4H3. The fourth-order valence-electron chi connectivity index (χ4n) is 2.98. The molecule has 1 fully saturated rings. The van der Waals surface area contributed by atoms with Crippen molar-refractivity contribution in [2.45, 2.75) is 26.3 Å². The number of likely N-dealkylation sites (N-methyl/N-ethyl adjacent to an activating group) is 1. The number of nitrogen functional groups attached to an aromatic ring is 1. The number of carbonyl (C=O) groups is 1. The van der Waals surface area contributed by atoms with Crippen molar-refractivity contribution >= 4 is 17.3 Å². The number of esters is 1. The van der Waals surface area contributed by atoms with Crippen LogP contribution >= 0.6 is 0 Å². The highest BCUT2D eigenvalue weighted by atomic mass is 16.5. The second-order valence-electron chi connectivity index (χ2n) is 5.87. The molecule has 0 aromatic heterocycles. The fourth-order valence-corrected chi connectivity index (χ4v) is 2.98. The highest BCUT2D eigenvalue weighted by Crippen LogP contribution is 2.28. The van der Waals surface area contributed by atoms with Gasteiger partial charge < -0.3 is 20.3 Å². The van der Waals surface area contributed by atoms with E-state index in [1.807, 2.05) is 13.0 Å². The van der Waals surface area contributed by atoms with Crippen molar-refractivity contribution in [3.8, 4) is 0 Å². The molecule has 1 aliphatic rings. The van der Waals surface area contributed by atoms with Gasteiger partial charge in [0.15, 0.2) is 0 Å². The number of benzene rings is 1. The SMILES string of the molecule is COC(=O)c1cc(N2CCCN(C)CC2C)cc(C)c1N. The summed E-state index contributed by atoms with van der Waals surface area (Å²) in [7, 11) is 3.53. The van der Waals surface area contributed by atoms with E-state index in [2.05, 4.69) is 29.8 Å². The maximum atomic E-state index is 11.9. The Balaban J connectivity index is 2.39. The Labute approximate surface area is 126 Å². The first-order chi connectivity index (χ1) is 9.93. The van der Waals surface area contributed by atoms with Crippen molar-refractivity contribution in [2.75, 3.05) is 44.4 Å². The smallest absolute Gasteiger partial charge is 0.340 e. The van der Waals surface area contributed by atoms with Crippen LogP contribution in [0.4, 0.5) is 11.4 Å². The van der Waals surface area contributed by atoms with Crippen LogP contribution in [0, 0.1) is 6.92 Å². The minimum absolute atomic E-state index is 0.378. The fraction of sp³-hybridized carbons (Fsp3) is 0.562. The van der Waals surface area contributed by atoms with Crippen molar-refractivity contribution in [3.63, 3.8) is 0 Å². The monoisotopic (exact) mass is 291 g/mol. The summed E-state index contributed by atoms with van der Waals surface area (Å²) < 4.78 is 4.84. The molecule has 116 valence electrons. The molecule has 5 nitrogen and oxygen atoms in total. The lowest BCUT2D eigenvalue weighted by molar-refractivity contribution is 0.0602. The van der Waals surface area contributed by atoms with Gasteiger partial charge in [-0.15, -0.1) is 0 Å². The quantitative estimate of drug-likeness (QED) is 0.666. The van der Waals surface area contributed by atoms with Crippen molar-refractivity contribution in [2.24, 2.45) is 0 Å². The zero-order chi connectivity index (χ0) is 15.6. The highest BCUT2D eigenvalue weighted by molar-refractivity contribution is 5.97. The van der Waals surface area contributed by atoms with E-state index >= 15 is 0 Å². The van der Waals surface area contributed by atoms with Gasteiger partial charge in [0.05, 0.1) is 12.7 Å². The number of anilines is 2. The molecule has 21 heavy (non-hydrogen) atoms. The van der Waals surface area contributed by atoms with E-state index in [0.717, 1.165) is 37.3 Å². The summed E-state index contributed by atoms with van der Waals surface area (Å²) in [5.41, 5.74) is 8.94. The highest BCUT2D eigenvalue weighted by Gasteiger charge is 2.22. The summed E-state index contributed by atoms with van der Waals surface area (Å²) in [5, 5.41) is 0. The predicted octanol–water partition coefficient (Wildman–Crippen LogP) is 1.89. The number of rotatable bonds is 2. The van der Waals surface area contributed by atoms with Gasteiger partial charge in [0, 0.05) is 30.5 Å². The van der Waals surface area contributed by atoms with Crippen LogP contribution in [0.25, 0.3) is 0 Å². The average Bonchev–Trinajstić information content (AvgIpc) is 2.61. The van der Waals surface area contributed by atoms with Crippen LogP contribution in [0.15, 0.2) is 12.1 Å². The Bertz CT molecular complexity index is 530. The van der Waals surface area contributed by atoms with Crippen LogP contribution in [0.5, 0.6) is 0 Å². The normalized spacial score (nSPS) is 20.2. The lowest BCUT2D eigenvalue weighted by atomic mass is 10.1. The summed E-state index contributed by atoms with van der Waals surface area (Å²) in [6.45, 7) is 7.23. The minimum Gasteiger partial charge on any atom is -0.465 e. The van der Waals surface area contributed by atoms with Crippen LogP contribution in [-0.4, -0.2) is 50.7 Å². The zero-order valence-corrected chi connectivity index (χ0v) is 13.3. The van der Waals surface area contributed by atoms with Gasteiger partial charge in [0.2, 0.25) is 0 Å². The summed E-state index contributed by atoms with van der Waals surface area (Å²) in [6.07, 6.45) is 1.11. The van der Waals surface area contributed by atoms with E-state index in [4.69, 9.17) is 10.5 Å². The van der Waals surface area contributed by atoms with Crippen LogP contribution in [0.2, 0.25) is 0 Å². The van der Waals surface area contributed by atoms with E-state index in [9.17, 15) is 4.79 Å². The first kappa shape index (κ1) is 15.6. The molecule has 0 bridgehead atoms. The maximum Gasteiger partial charge on any atom is 0.340 e. The maximum absolute atomic E-state index is 11.9. The van der Waals surface area contributed by atoms with Crippen LogP contribution in [0.1, 0.15) is 29.3 Å². The number of carbonyl (C=O) groups excluding carboxylic acids is 1. The lowest BCUT2D eigenvalue weighted by Gasteiger charge is -2.31. The third kappa shape index (κ3) is 3.29. The predicted molar refractivity (Wildman–Crippen MR) is 85.9 cm³/mol. The molecule has 1 saturated heterocycles. The molecule has 1 aromatic rings. The molecule has 1 atom stereocenters. The molecule has 1 heterocycles. The Kier molecular flexibility index (Phi) is 4.73. The molecular weight excluding hydrogens is 266 g/mol. The largest absolute Gasteiger partial charge is 0.465 e. The molecule has 0 amide bonds. The van der Waals surface area contributed by atoms with Gasteiger partial charge in [-0.05, 0) is 51.6 Å². The van der Waals surface area contributed by atoms with E-state index in [1.54, 1.807) is 0 Å². The van der Waals surface area contributed by atoms with Gasteiger partial charge >= 0.3 is 5.97 Å². The van der Waals surface area contributed by atoms with E-state index in [1.165, 1.54) is 7.11 Å². The van der Waals surface area contributed by atoms with Crippen molar-refractivity contribution in [1.29, 1.82) is 0 Å². The second-order valence-corrected chi connectivity index (χ2v) is 5.87. The molecule has 0 aliphatic carbocycles. The zero-order valence-electron chi connectivity index (χ0n) is 13.3. The molecule has 0 saturated carbocycles. The minimum atomic E-state index is -0.378. The second kappa shape index (κ2) is 6.35. The van der Waals surface area contributed by atoms with Gasteiger partial charge in [-0.1, -0.05) is 0 Å². The van der Waals surface area contributed by atoms with Crippen molar-refractivity contribution in [3.05, 3.63) is 23.3 Å². The van der Waals surface area contributed by atoms with Crippen LogP contribution in [-0.2, 0) is 4.74 Å². The molecule has 2 N–H and O–H groups in total.